The van der Waals surface area contributed by atoms with Crippen molar-refractivity contribution >= 4 is 17.9 Å². The number of hydrogen-bond acceptors (Lipinski definition) is 6. The number of hydrogen-bond donors (Lipinski definition) is 1. The van der Waals surface area contributed by atoms with Crippen LogP contribution in [0.3, 0.4) is 0 Å². The SMILES string of the molecule is CCO[N+]1(OC(=O)/C=C\C(=O)O)C(C)(C)CC(OC(C)=O)CC1(C)C. The molecule has 0 atom stereocenters. The van der Waals surface area contributed by atoms with Gasteiger partial charge in [-0.2, -0.15) is 4.84 Å². The van der Waals surface area contributed by atoms with Gasteiger partial charge in [0.15, 0.2) is 11.1 Å². The first-order valence-corrected chi connectivity index (χ1v) is 8.22. The van der Waals surface area contributed by atoms with Gasteiger partial charge >= 0.3 is 17.9 Å². The van der Waals surface area contributed by atoms with Gasteiger partial charge in [0.1, 0.15) is 12.7 Å². The molecule has 0 bridgehead atoms. The number of carboxylic acids is 1. The molecule has 8 heteroatoms. The predicted octanol–water partition coefficient (Wildman–Crippen LogP) is 2.14. The van der Waals surface area contributed by atoms with Crippen molar-refractivity contribution in [1.82, 2.24) is 0 Å². The minimum Gasteiger partial charge on any atom is -0.478 e. The van der Waals surface area contributed by atoms with Gasteiger partial charge in [0, 0.05) is 36.7 Å². The summed E-state index contributed by atoms with van der Waals surface area (Å²) in [4.78, 5) is 45.2. The number of piperidine rings is 1. The van der Waals surface area contributed by atoms with Crippen molar-refractivity contribution in [3.63, 3.8) is 0 Å². The minimum absolute atomic E-state index is 0.279. The van der Waals surface area contributed by atoms with Crippen LogP contribution in [0.2, 0.25) is 0 Å². The van der Waals surface area contributed by atoms with Gasteiger partial charge in [-0.1, -0.05) is 0 Å². The normalized spacial score (nSPS) is 27.7. The van der Waals surface area contributed by atoms with Crippen molar-refractivity contribution in [1.29, 1.82) is 0 Å². The number of quaternary nitrogens is 1. The third-order valence-corrected chi connectivity index (χ3v) is 4.27. The van der Waals surface area contributed by atoms with E-state index < -0.39 is 27.8 Å². The highest BCUT2D eigenvalue weighted by Crippen LogP contribution is 2.47. The first kappa shape index (κ1) is 21.1. The molecule has 0 aromatic heterocycles. The summed E-state index contributed by atoms with van der Waals surface area (Å²) in [6.45, 7) is 10.8. The number of carboxylic acid groups (broad SMARTS) is 1. The van der Waals surface area contributed by atoms with Crippen LogP contribution in [0.1, 0.15) is 54.4 Å². The zero-order chi connectivity index (χ0) is 19.5. The molecule has 0 aromatic rings. The maximum atomic E-state index is 12.2. The van der Waals surface area contributed by atoms with Crippen molar-refractivity contribution in [2.45, 2.75) is 71.6 Å². The highest BCUT2D eigenvalue weighted by atomic mass is 17.0. The zero-order valence-electron chi connectivity index (χ0n) is 15.7. The van der Waals surface area contributed by atoms with Gasteiger partial charge in [-0.05, 0) is 34.6 Å². The van der Waals surface area contributed by atoms with E-state index in [0.717, 1.165) is 12.2 Å². The Balaban J connectivity index is 3.23. The lowest BCUT2D eigenvalue weighted by Crippen LogP contribution is -2.75. The van der Waals surface area contributed by atoms with Crippen molar-refractivity contribution in [2.24, 2.45) is 0 Å². The Hall–Kier alpha value is -1.93. The second kappa shape index (κ2) is 7.53. The number of hydroxylamine groups is 4. The van der Waals surface area contributed by atoms with Crippen molar-refractivity contribution in [3.05, 3.63) is 12.2 Å². The Morgan fingerprint density at radius 3 is 2.04 bits per heavy atom. The van der Waals surface area contributed by atoms with Gasteiger partial charge < -0.3 is 9.84 Å². The first-order chi connectivity index (χ1) is 11.4. The van der Waals surface area contributed by atoms with Crippen LogP contribution < -0.4 is 0 Å². The van der Waals surface area contributed by atoms with E-state index in [1.54, 1.807) is 6.92 Å². The number of carbonyl (C=O) groups is 3. The first-order valence-electron chi connectivity index (χ1n) is 8.22. The molecule has 0 unspecified atom stereocenters. The van der Waals surface area contributed by atoms with Gasteiger partial charge in [0.2, 0.25) is 0 Å². The fourth-order valence-electron chi connectivity index (χ4n) is 3.67. The molecular formula is C17H28NO7+. The van der Waals surface area contributed by atoms with E-state index in [0.29, 0.717) is 12.8 Å². The van der Waals surface area contributed by atoms with Gasteiger partial charge in [-0.15, -0.1) is 0 Å². The molecule has 0 radical (unpaired) electrons. The summed E-state index contributed by atoms with van der Waals surface area (Å²) in [5, 5.41) is 8.68. The average Bonchev–Trinajstić information content (AvgIpc) is 2.41. The predicted molar refractivity (Wildman–Crippen MR) is 87.7 cm³/mol. The molecule has 1 N–H and O–H groups in total. The third kappa shape index (κ3) is 4.58. The summed E-state index contributed by atoms with van der Waals surface area (Å²) in [7, 11) is 0. The summed E-state index contributed by atoms with van der Waals surface area (Å²) < 4.78 is 5.38. The Kier molecular flexibility index (Phi) is 6.36. The Labute approximate surface area is 147 Å². The molecule has 0 spiro atoms. The van der Waals surface area contributed by atoms with Crippen LogP contribution in [-0.4, -0.2) is 51.6 Å². The van der Waals surface area contributed by atoms with Crippen molar-refractivity contribution in [2.75, 3.05) is 6.61 Å². The molecule has 1 fully saturated rings. The van der Waals surface area contributed by atoms with E-state index in [1.165, 1.54) is 6.92 Å². The van der Waals surface area contributed by atoms with Gasteiger partial charge in [0.05, 0.1) is 0 Å². The molecule has 1 saturated heterocycles. The lowest BCUT2D eigenvalue weighted by molar-refractivity contribution is -1.29. The van der Waals surface area contributed by atoms with Gasteiger partial charge in [-0.3, -0.25) is 4.79 Å². The smallest absolute Gasteiger partial charge is 0.395 e. The maximum absolute atomic E-state index is 12.2. The van der Waals surface area contributed by atoms with E-state index in [9.17, 15) is 14.4 Å². The molecular weight excluding hydrogens is 330 g/mol. The molecule has 0 saturated carbocycles. The number of ether oxygens (including phenoxy) is 1. The quantitative estimate of drug-likeness (QED) is 0.441. The topological polar surface area (TPSA) is 99.1 Å². The van der Waals surface area contributed by atoms with Crippen molar-refractivity contribution in [3.8, 4) is 0 Å². The largest absolute Gasteiger partial charge is 0.478 e. The molecule has 1 heterocycles. The molecule has 0 aromatic carbocycles. The van der Waals surface area contributed by atoms with Crippen LogP contribution in [0.15, 0.2) is 12.2 Å². The van der Waals surface area contributed by atoms with Gasteiger partial charge in [-0.25, -0.2) is 14.4 Å². The van der Waals surface area contributed by atoms with E-state index in [-0.39, 0.29) is 18.7 Å². The Morgan fingerprint density at radius 2 is 1.64 bits per heavy atom. The lowest BCUT2D eigenvalue weighted by Gasteiger charge is -2.55. The number of esters is 1. The van der Waals surface area contributed by atoms with Crippen LogP contribution in [0.4, 0.5) is 0 Å². The highest BCUT2D eigenvalue weighted by Gasteiger charge is 2.66. The van der Waals surface area contributed by atoms with Crippen molar-refractivity contribution < 1.29 is 38.7 Å². The Bertz CT molecular complexity index is 547. The molecule has 25 heavy (non-hydrogen) atoms. The van der Waals surface area contributed by atoms with Crippen LogP contribution in [0, 0.1) is 0 Å². The summed E-state index contributed by atoms with van der Waals surface area (Å²) in [6, 6.07) is 0. The van der Waals surface area contributed by atoms with Crippen LogP contribution in [0.25, 0.3) is 0 Å². The zero-order valence-corrected chi connectivity index (χ0v) is 15.7. The second-order valence-electron chi connectivity index (χ2n) is 7.32. The summed E-state index contributed by atoms with van der Waals surface area (Å²) in [5.74, 6) is -2.43. The standard InChI is InChI=1S/C17H27NO7/c1-7-23-18(25-15(22)9-8-14(20)21)16(3,4)10-13(24-12(2)19)11-17(18,5)6/h8-9,13H,7,10-11H2,1-6H3/p+1/b9-8-. The fourth-order valence-corrected chi connectivity index (χ4v) is 3.67. The third-order valence-electron chi connectivity index (χ3n) is 4.27. The van der Waals surface area contributed by atoms with Gasteiger partial charge in [0.25, 0.3) is 0 Å². The van der Waals surface area contributed by atoms with Crippen LogP contribution in [-0.2, 0) is 28.8 Å². The second-order valence-corrected chi connectivity index (χ2v) is 7.32. The van der Waals surface area contributed by atoms with E-state index in [4.69, 9.17) is 19.5 Å². The monoisotopic (exact) mass is 358 g/mol. The Morgan fingerprint density at radius 1 is 1.12 bits per heavy atom. The number of nitrogens with zero attached hydrogens (tertiary/aromatic N) is 1. The van der Waals surface area contributed by atoms with E-state index >= 15 is 0 Å². The van der Waals surface area contributed by atoms with Crippen LogP contribution >= 0.6 is 0 Å². The van der Waals surface area contributed by atoms with Crippen LogP contribution in [0.5, 0.6) is 0 Å². The molecule has 0 aliphatic carbocycles. The summed E-state index contributed by atoms with van der Waals surface area (Å²) in [6.07, 6.45) is 2.09. The highest BCUT2D eigenvalue weighted by molar-refractivity contribution is 5.90. The molecule has 142 valence electrons. The average molecular weight is 358 g/mol. The molecule has 0 amide bonds. The maximum Gasteiger partial charge on any atom is 0.395 e. The van der Waals surface area contributed by atoms with E-state index in [2.05, 4.69) is 0 Å². The summed E-state index contributed by atoms with van der Waals surface area (Å²) in [5.41, 5.74) is -1.46. The lowest BCUT2D eigenvalue weighted by atomic mass is 9.79. The van der Waals surface area contributed by atoms with E-state index in [1.807, 2.05) is 27.7 Å². The molecule has 1 aliphatic heterocycles. The minimum atomic E-state index is -1.24. The number of rotatable bonds is 6. The summed E-state index contributed by atoms with van der Waals surface area (Å²) >= 11 is 0. The number of carbonyl (C=O) groups excluding carboxylic acids is 2. The molecule has 1 aliphatic rings. The molecule has 1 rings (SSSR count). The fraction of sp³-hybridized carbons (Fsp3) is 0.706. The number of aliphatic carboxylic acids is 1. The molecule has 8 nitrogen and oxygen atoms in total.